The summed E-state index contributed by atoms with van der Waals surface area (Å²) in [7, 11) is 0. The summed E-state index contributed by atoms with van der Waals surface area (Å²) in [5.41, 5.74) is 6.31. The van der Waals surface area contributed by atoms with Gasteiger partial charge in [0.15, 0.2) is 11.5 Å². The Kier molecular flexibility index (Phi) is 3.54. The number of hydrogen-bond acceptors (Lipinski definition) is 3. The number of nitrogen functional groups attached to an aromatic ring is 1. The number of nitrogens with two attached hydrogens (primary N) is 1. The van der Waals surface area contributed by atoms with Gasteiger partial charge in [-0.2, -0.15) is 5.10 Å². The van der Waals surface area contributed by atoms with Crippen LogP contribution < -0.4 is 10.5 Å². The first-order chi connectivity index (χ1) is 8.19. The number of aryl methyl sites for hydroxylation is 1. The standard InChI is InChI=1S/C12H14ClN3O/c1-2-5-16-8-10(7-15-16)17-12-4-3-9(13)6-11(12)14/h3-4,6-8H,2,5,14H2,1H3. The summed E-state index contributed by atoms with van der Waals surface area (Å²) in [6.45, 7) is 2.97. The van der Waals surface area contributed by atoms with Crippen molar-refractivity contribution in [1.82, 2.24) is 9.78 Å². The second-order valence-corrected chi connectivity index (χ2v) is 4.16. The average Bonchev–Trinajstić information content (AvgIpc) is 2.71. The fourth-order valence-electron chi connectivity index (χ4n) is 1.49. The van der Waals surface area contributed by atoms with Crippen LogP contribution in [0.2, 0.25) is 5.02 Å². The van der Waals surface area contributed by atoms with Crippen LogP contribution in [0.3, 0.4) is 0 Å². The van der Waals surface area contributed by atoms with E-state index in [0.29, 0.717) is 22.2 Å². The molecule has 0 atom stereocenters. The SMILES string of the molecule is CCCn1cc(Oc2ccc(Cl)cc2N)cn1. The van der Waals surface area contributed by atoms with Gasteiger partial charge in [-0.1, -0.05) is 18.5 Å². The van der Waals surface area contributed by atoms with E-state index < -0.39 is 0 Å². The van der Waals surface area contributed by atoms with Crippen LogP contribution in [-0.2, 0) is 6.54 Å². The number of nitrogens with zero attached hydrogens (tertiary/aromatic N) is 2. The molecule has 1 heterocycles. The van der Waals surface area contributed by atoms with Gasteiger partial charge in [0.1, 0.15) is 0 Å². The van der Waals surface area contributed by atoms with E-state index in [1.165, 1.54) is 0 Å². The van der Waals surface area contributed by atoms with Crippen LogP contribution in [0.25, 0.3) is 0 Å². The van der Waals surface area contributed by atoms with Crippen molar-refractivity contribution in [3.05, 3.63) is 35.6 Å². The molecule has 0 unspecified atom stereocenters. The number of anilines is 1. The molecule has 0 saturated heterocycles. The first-order valence-electron chi connectivity index (χ1n) is 5.44. The molecule has 0 spiro atoms. The van der Waals surface area contributed by atoms with Gasteiger partial charge in [0.2, 0.25) is 0 Å². The summed E-state index contributed by atoms with van der Waals surface area (Å²) in [4.78, 5) is 0. The molecule has 0 amide bonds. The summed E-state index contributed by atoms with van der Waals surface area (Å²) in [5.74, 6) is 1.26. The minimum Gasteiger partial charge on any atom is -0.452 e. The van der Waals surface area contributed by atoms with Crippen molar-refractivity contribution in [3.63, 3.8) is 0 Å². The predicted octanol–water partition coefficient (Wildman–Crippen LogP) is 3.32. The van der Waals surface area contributed by atoms with Gasteiger partial charge in [-0.25, -0.2) is 0 Å². The van der Waals surface area contributed by atoms with Gasteiger partial charge in [-0.05, 0) is 24.6 Å². The molecule has 2 aromatic rings. The van der Waals surface area contributed by atoms with Gasteiger partial charge in [-0.15, -0.1) is 0 Å². The number of ether oxygens (including phenoxy) is 1. The van der Waals surface area contributed by atoms with Crippen molar-refractivity contribution < 1.29 is 4.74 Å². The molecule has 0 aliphatic heterocycles. The summed E-state index contributed by atoms with van der Waals surface area (Å²) < 4.78 is 7.46. The fraction of sp³-hybridized carbons (Fsp3) is 0.250. The number of hydrogen-bond donors (Lipinski definition) is 1. The molecule has 90 valence electrons. The molecular formula is C12H14ClN3O. The Morgan fingerprint density at radius 1 is 1.47 bits per heavy atom. The van der Waals surface area contributed by atoms with Crippen LogP contribution >= 0.6 is 11.6 Å². The lowest BCUT2D eigenvalue weighted by Crippen LogP contribution is -1.95. The highest BCUT2D eigenvalue weighted by Crippen LogP contribution is 2.29. The Labute approximate surface area is 105 Å². The maximum Gasteiger partial charge on any atom is 0.165 e. The molecule has 0 saturated carbocycles. The quantitative estimate of drug-likeness (QED) is 0.848. The Balaban J connectivity index is 2.13. The van der Waals surface area contributed by atoms with E-state index in [9.17, 15) is 0 Å². The fourth-order valence-corrected chi connectivity index (χ4v) is 1.67. The summed E-state index contributed by atoms with van der Waals surface area (Å²) in [6, 6.07) is 5.14. The van der Waals surface area contributed by atoms with Crippen molar-refractivity contribution in [1.29, 1.82) is 0 Å². The van der Waals surface area contributed by atoms with Gasteiger partial charge < -0.3 is 10.5 Å². The van der Waals surface area contributed by atoms with Crippen LogP contribution in [0.5, 0.6) is 11.5 Å². The Hall–Kier alpha value is -1.68. The zero-order valence-corrected chi connectivity index (χ0v) is 10.3. The highest BCUT2D eigenvalue weighted by Gasteiger charge is 2.04. The number of aromatic nitrogens is 2. The topological polar surface area (TPSA) is 53.1 Å². The minimum absolute atomic E-state index is 0.515. The summed E-state index contributed by atoms with van der Waals surface area (Å²) in [5, 5.41) is 4.77. The van der Waals surface area contributed by atoms with Crippen molar-refractivity contribution in [2.45, 2.75) is 19.9 Å². The molecular weight excluding hydrogens is 238 g/mol. The molecule has 2 rings (SSSR count). The zero-order valence-electron chi connectivity index (χ0n) is 9.56. The lowest BCUT2D eigenvalue weighted by atomic mass is 10.3. The molecule has 0 aliphatic rings. The first kappa shape index (κ1) is 11.8. The molecule has 5 heteroatoms. The van der Waals surface area contributed by atoms with Crippen molar-refractivity contribution in [2.24, 2.45) is 0 Å². The molecule has 0 bridgehead atoms. The molecule has 17 heavy (non-hydrogen) atoms. The van der Waals surface area contributed by atoms with Gasteiger partial charge in [0.25, 0.3) is 0 Å². The van der Waals surface area contributed by atoms with Crippen molar-refractivity contribution in [2.75, 3.05) is 5.73 Å². The maximum atomic E-state index is 5.81. The molecule has 0 fully saturated rings. The summed E-state index contributed by atoms with van der Waals surface area (Å²) >= 11 is 5.81. The monoisotopic (exact) mass is 251 g/mol. The normalized spacial score (nSPS) is 10.5. The third-order valence-corrected chi connectivity index (χ3v) is 2.50. The van der Waals surface area contributed by atoms with Gasteiger partial charge in [-0.3, -0.25) is 4.68 Å². The van der Waals surface area contributed by atoms with Crippen LogP contribution in [0.1, 0.15) is 13.3 Å². The van der Waals surface area contributed by atoms with E-state index in [1.54, 1.807) is 24.4 Å². The van der Waals surface area contributed by atoms with E-state index >= 15 is 0 Å². The molecule has 2 N–H and O–H groups in total. The van der Waals surface area contributed by atoms with Crippen LogP contribution in [0.4, 0.5) is 5.69 Å². The van der Waals surface area contributed by atoms with Crippen molar-refractivity contribution >= 4 is 17.3 Å². The molecule has 1 aromatic carbocycles. The zero-order chi connectivity index (χ0) is 12.3. The van der Waals surface area contributed by atoms with Crippen LogP contribution in [-0.4, -0.2) is 9.78 Å². The Morgan fingerprint density at radius 2 is 2.29 bits per heavy atom. The third-order valence-electron chi connectivity index (χ3n) is 2.26. The lowest BCUT2D eigenvalue weighted by molar-refractivity contribution is 0.483. The molecule has 0 radical (unpaired) electrons. The van der Waals surface area contributed by atoms with E-state index in [1.807, 2.05) is 10.9 Å². The molecule has 1 aromatic heterocycles. The Bertz CT molecular complexity index is 510. The van der Waals surface area contributed by atoms with E-state index in [0.717, 1.165) is 13.0 Å². The number of rotatable bonds is 4. The smallest absolute Gasteiger partial charge is 0.165 e. The van der Waals surface area contributed by atoms with E-state index in [-0.39, 0.29) is 0 Å². The Morgan fingerprint density at radius 3 is 3.00 bits per heavy atom. The van der Waals surface area contributed by atoms with Crippen LogP contribution in [0.15, 0.2) is 30.6 Å². The van der Waals surface area contributed by atoms with Gasteiger partial charge >= 0.3 is 0 Å². The highest BCUT2D eigenvalue weighted by molar-refractivity contribution is 6.30. The average molecular weight is 252 g/mol. The third kappa shape index (κ3) is 2.91. The second-order valence-electron chi connectivity index (χ2n) is 3.72. The van der Waals surface area contributed by atoms with Crippen LogP contribution in [0, 0.1) is 0 Å². The van der Waals surface area contributed by atoms with E-state index in [4.69, 9.17) is 22.1 Å². The summed E-state index contributed by atoms with van der Waals surface area (Å²) in [6.07, 6.45) is 4.55. The molecule has 0 aliphatic carbocycles. The number of halogens is 1. The lowest BCUT2D eigenvalue weighted by Gasteiger charge is -2.06. The first-order valence-corrected chi connectivity index (χ1v) is 5.82. The van der Waals surface area contributed by atoms with Gasteiger partial charge in [0, 0.05) is 11.6 Å². The van der Waals surface area contributed by atoms with E-state index in [2.05, 4.69) is 12.0 Å². The van der Waals surface area contributed by atoms with Gasteiger partial charge in [0.05, 0.1) is 18.1 Å². The highest BCUT2D eigenvalue weighted by atomic mass is 35.5. The molecule has 4 nitrogen and oxygen atoms in total. The largest absolute Gasteiger partial charge is 0.452 e. The van der Waals surface area contributed by atoms with Crippen molar-refractivity contribution in [3.8, 4) is 11.5 Å². The maximum absolute atomic E-state index is 5.81. The number of benzene rings is 1. The minimum atomic E-state index is 0.515. The predicted molar refractivity (Wildman–Crippen MR) is 68.5 cm³/mol. The second kappa shape index (κ2) is 5.10.